The highest BCUT2D eigenvalue weighted by Crippen LogP contribution is 2.28. The molecule has 1 N–H and O–H groups in total. The van der Waals surface area contributed by atoms with Gasteiger partial charge < -0.3 is 5.32 Å². The van der Waals surface area contributed by atoms with Crippen LogP contribution in [0.2, 0.25) is 5.02 Å². The smallest absolute Gasteiger partial charge is 0.288 e. The Hall–Kier alpha value is -1.62. The highest BCUT2D eigenvalue weighted by molar-refractivity contribution is 6.35. The van der Waals surface area contributed by atoms with E-state index in [1.807, 2.05) is 20.8 Å². The van der Waals surface area contributed by atoms with Crippen LogP contribution < -0.4 is 5.32 Å². The highest BCUT2D eigenvalue weighted by atomic mass is 35.5. The van der Waals surface area contributed by atoms with E-state index in [-0.39, 0.29) is 21.8 Å². The molecule has 19 heavy (non-hydrogen) atoms. The molecule has 1 aromatic carbocycles. The molecular formula is C13H17ClN2O3. The lowest BCUT2D eigenvalue weighted by atomic mass is 9.98. The molecule has 0 aromatic heterocycles. The first-order valence-corrected chi connectivity index (χ1v) is 6.41. The minimum Gasteiger partial charge on any atom is -0.347 e. The van der Waals surface area contributed by atoms with Gasteiger partial charge in [0.2, 0.25) is 0 Å². The fourth-order valence-electron chi connectivity index (χ4n) is 1.90. The number of amides is 1. The van der Waals surface area contributed by atoms with Crippen molar-refractivity contribution in [1.29, 1.82) is 0 Å². The number of benzene rings is 1. The molecule has 1 rings (SSSR count). The molecule has 0 aliphatic heterocycles. The van der Waals surface area contributed by atoms with E-state index in [4.69, 9.17) is 11.6 Å². The summed E-state index contributed by atoms with van der Waals surface area (Å²) in [6.07, 6.45) is 1.74. The number of carbonyl (C=O) groups is 1. The van der Waals surface area contributed by atoms with Crippen molar-refractivity contribution in [3.05, 3.63) is 38.9 Å². The van der Waals surface area contributed by atoms with Crippen LogP contribution in [-0.4, -0.2) is 16.4 Å². The number of rotatable bonds is 5. The summed E-state index contributed by atoms with van der Waals surface area (Å²) < 4.78 is 0. The van der Waals surface area contributed by atoms with E-state index in [9.17, 15) is 14.9 Å². The summed E-state index contributed by atoms with van der Waals surface area (Å²) in [5.41, 5.74) is -0.512. The first-order chi connectivity index (χ1) is 8.78. The third-order valence-electron chi connectivity index (χ3n) is 2.75. The molecule has 0 unspecified atom stereocenters. The van der Waals surface area contributed by atoms with Crippen molar-refractivity contribution >= 4 is 23.2 Å². The molecule has 0 saturated heterocycles. The third-order valence-corrected chi connectivity index (χ3v) is 3.14. The first kappa shape index (κ1) is 15.4. The van der Waals surface area contributed by atoms with Crippen LogP contribution in [0.4, 0.5) is 5.69 Å². The number of hydrogen-bond donors (Lipinski definition) is 1. The summed E-state index contributed by atoms with van der Waals surface area (Å²) in [5.74, 6) is -0.396. The zero-order valence-corrected chi connectivity index (χ0v) is 12.0. The molecule has 104 valence electrons. The van der Waals surface area contributed by atoms with Crippen molar-refractivity contribution in [2.45, 2.75) is 39.2 Å². The second kappa shape index (κ2) is 6.02. The zero-order chi connectivity index (χ0) is 14.6. The normalized spacial score (nSPS) is 11.2. The minimum absolute atomic E-state index is 0.125. The summed E-state index contributed by atoms with van der Waals surface area (Å²) in [6.45, 7) is 5.83. The van der Waals surface area contributed by atoms with Gasteiger partial charge in [-0.25, -0.2) is 0 Å². The van der Waals surface area contributed by atoms with Crippen LogP contribution >= 0.6 is 11.6 Å². The first-order valence-electron chi connectivity index (χ1n) is 6.04. The van der Waals surface area contributed by atoms with Crippen LogP contribution in [0, 0.1) is 10.1 Å². The average molecular weight is 285 g/mol. The van der Waals surface area contributed by atoms with Crippen molar-refractivity contribution in [3.63, 3.8) is 0 Å². The second-order valence-corrected chi connectivity index (χ2v) is 5.36. The fourth-order valence-corrected chi connectivity index (χ4v) is 2.18. The van der Waals surface area contributed by atoms with Gasteiger partial charge in [0.05, 0.1) is 10.5 Å². The highest BCUT2D eigenvalue weighted by Gasteiger charge is 2.24. The Balaban J connectivity index is 3.01. The van der Waals surface area contributed by atoms with Crippen LogP contribution in [0.5, 0.6) is 0 Å². The molecule has 6 heteroatoms. The lowest BCUT2D eigenvalue weighted by Crippen LogP contribution is -2.43. The molecule has 0 bridgehead atoms. The maximum absolute atomic E-state index is 12.1. The van der Waals surface area contributed by atoms with E-state index >= 15 is 0 Å². The van der Waals surface area contributed by atoms with Gasteiger partial charge in [-0.2, -0.15) is 0 Å². The van der Waals surface area contributed by atoms with Crippen LogP contribution in [0.1, 0.15) is 44.0 Å². The summed E-state index contributed by atoms with van der Waals surface area (Å²) >= 11 is 5.90. The van der Waals surface area contributed by atoms with Gasteiger partial charge in [0.1, 0.15) is 5.02 Å². The summed E-state index contributed by atoms with van der Waals surface area (Å²) in [6, 6.07) is 4.20. The Morgan fingerprint density at radius 2 is 2.11 bits per heavy atom. The van der Waals surface area contributed by atoms with Gasteiger partial charge in [-0.1, -0.05) is 31.0 Å². The van der Waals surface area contributed by atoms with Crippen LogP contribution in [0.25, 0.3) is 0 Å². The van der Waals surface area contributed by atoms with Gasteiger partial charge >= 0.3 is 0 Å². The SMILES string of the molecule is CCCC(C)(C)NC(=O)c1cccc([N+](=O)[O-])c1Cl. The number of hydrogen-bond acceptors (Lipinski definition) is 3. The zero-order valence-electron chi connectivity index (χ0n) is 11.2. The summed E-state index contributed by atoms with van der Waals surface area (Å²) in [4.78, 5) is 22.3. The molecular weight excluding hydrogens is 268 g/mol. The molecule has 0 aliphatic rings. The monoisotopic (exact) mass is 284 g/mol. The molecule has 0 aliphatic carbocycles. The van der Waals surface area contributed by atoms with Gasteiger partial charge in [-0.3, -0.25) is 14.9 Å². The van der Waals surface area contributed by atoms with Gasteiger partial charge in [0.15, 0.2) is 0 Å². The molecule has 0 heterocycles. The van der Waals surface area contributed by atoms with Gasteiger partial charge in [0, 0.05) is 11.6 Å². The Morgan fingerprint density at radius 3 is 2.63 bits per heavy atom. The standard InChI is InChI=1S/C13H17ClN2O3/c1-4-8-13(2,3)15-12(17)9-6-5-7-10(11(9)14)16(18)19/h5-7H,4,8H2,1-3H3,(H,15,17). The lowest BCUT2D eigenvalue weighted by Gasteiger charge is -2.25. The van der Waals surface area contributed by atoms with E-state index in [1.54, 1.807) is 0 Å². The maximum atomic E-state index is 12.1. The van der Waals surface area contributed by atoms with Crippen molar-refractivity contribution in [1.82, 2.24) is 5.32 Å². The summed E-state index contributed by atoms with van der Waals surface area (Å²) in [5, 5.41) is 13.5. The number of nitro groups is 1. The number of nitrogens with one attached hydrogen (secondary N) is 1. The molecule has 0 atom stereocenters. The van der Waals surface area contributed by atoms with Crippen molar-refractivity contribution < 1.29 is 9.72 Å². The quantitative estimate of drug-likeness (QED) is 0.664. The largest absolute Gasteiger partial charge is 0.347 e. The predicted molar refractivity (Wildman–Crippen MR) is 74.6 cm³/mol. The lowest BCUT2D eigenvalue weighted by molar-refractivity contribution is -0.384. The van der Waals surface area contributed by atoms with Gasteiger partial charge in [-0.05, 0) is 26.3 Å². The molecule has 1 amide bonds. The molecule has 0 radical (unpaired) electrons. The van der Waals surface area contributed by atoms with E-state index in [0.717, 1.165) is 12.8 Å². The topological polar surface area (TPSA) is 72.2 Å². The molecule has 0 spiro atoms. The Kier molecular flexibility index (Phi) is 4.89. The number of carbonyl (C=O) groups excluding carboxylic acids is 1. The number of nitrogens with zero attached hydrogens (tertiary/aromatic N) is 1. The maximum Gasteiger partial charge on any atom is 0.288 e. The van der Waals surface area contributed by atoms with Crippen LogP contribution in [0.3, 0.4) is 0 Å². The fraction of sp³-hybridized carbons (Fsp3) is 0.462. The molecule has 1 aromatic rings. The average Bonchev–Trinajstić information content (AvgIpc) is 2.27. The minimum atomic E-state index is -0.601. The van der Waals surface area contributed by atoms with Crippen molar-refractivity contribution in [2.24, 2.45) is 0 Å². The number of nitro benzene ring substituents is 1. The van der Waals surface area contributed by atoms with Gasteiger partial charge in [0.25, 0.3) is 11.6 Å². The predicted octanol–water partition coefficient (Wildman–Crippen LogP) is 3.56. The van der Waals surface area contributed by atoms with Crippen molar-refractivity contribution in [3.8, 4) is 0 Å². The Labute approximate surface area is 117 Å². The molecule has 0 saturated carbocycles. The third kappa shape index (κ3) is 3.92. The van der Waals surface area contributed by atoms with E-state index in [1.165, 1.54) is 18.2 Å². The summed E-state index contributed by atoms with van der Waals surface area (Å²) in [7, 11) is 0. The second-order valence-electron chi connectivity index (χ2n) is 4.98. The van der Waals surface area contributed by atoms with Crippen LogP contribution in [-0.2, 0) is 0 Å². The van der Waals surface area contributed by atoms with E-state index in [0.29, 0.717) is 0 Å². The van der Waals surface area contributed by atoms with E-state index < -0.39 is 10.8 Å². The number of halogens is 1. The molecule has 5 nitrogen and oxygen atoms in total. The van der Waals surface area contributed by atoms with Crippen LogP contribution in [0.15, 0.2) is 18.2 Å². The molecule has 0 fully saturated rings. The van der Waals surface area contributed by atoms with Crippen molar-refractivity contribution in [2.75, 3.05) is 0 Å². The Morgan fingerprint density at radius 1 is 1.47 bits per heavy atom. The van der Waals surface area contributed by atoms with Gasteiger partial charge in [-0.15, -0.1) is 0 Å². The van der Waals surface area contributed by atoms with E-state index in [2.05, 4.69) is 5.32 Å². The Bertz CT molecular complexity index is 501.